The molecule has 144 valence electrons. The number of rotatable bonds is 5. The van der Waals surface area contributed by atoms with Gasteiger partial charge in [0.2, 0.25) is 0 Å². The number of aromatic nitrogens is 2. The zero-order chi connectivity index (χ0) is 19.7. The van der Waals surface area contributed by atoms with E-state index >= 15 is 0 Å². The first-order chi connectivity index (χ1) is 12.8. The number of anilines is 1. The summed E-state index contributed by atoms with van der Waals surface area (Å²) in [6, 6.07) is 0. The number of carboxylic acid groups (broad SMARTS) is 1. The molecular weight excluding hydrogens is 370 g/mol. The molecule has 0 aromatic carbocycles. The number of thiophene rings is 1. The number of amides is 1. The molecule has 9 heteroatoms. The summed E-state index contributed by atoms with van der Waals surface area (Å²) < 4.78 is 6.63. The van der Waals surface area contributed by atoms with E-state index in [1.54, 1.807) is 20.9 Å². The van der Waals surface area contributed by atoms with Crippen LogP contribution in [0.1, 0.15) is 68.3 Å². The zero-order valence-electron chi connectivity index (χ0n) is 15.4. The molecule has 8 nitrogen and oxygen atoms in total. The molecule has 2 aromatic heterocycles. The van der Waals surface area contributed by atoms with Gasteiger partial charge in [-0.2, -0.15) is 5.10 Å². The maximum absolute atomic E-state index is 12.7. The van der Waals surface area contributed by atoms with Crippen molar-refractivity contribution in [1.29, 1.82) is 0 Å². The molecular formula is C18H21N3O5S. The molecule has 0 atom stereocenters. The smallest absolute Gasteiger partial charge is 0.357 e. The fourth-order valence-corrected chi connectivity index (χ4v) is 4.40. The number of hydrogen-bond acceptors (Lipinski definition) is 6. The van der Waals surface area contributed by atoms with Crippen molar-refractivity contribution < 1.29 is 24.2 Å². The van der Waals surface area contributed by atoms with Crippen molar-refractivity contribution in [3.05, 3.63) is 33.5 Å². The molecule has 2 aromatic rings. The van der Waals surface area contributed by atoms with Crippen LogP contribution in [0.2, 0.25) is 0 Å². The average Bonchev–Trinajstić information content (AvgIpc) is 3.14. The van der Waals surface area contributed by atoms with E-state index in [-0.39, 0.29) is 17.4 Å². The van der Waals surface area contributed by atoms with E-state index in [1.807, 2.05) is 0 Å². The monoisotopic (exact) mass is 391 g/mol. The summed E-state index contributed by atoms with van der Waals surface area (Å²) in [6.07, 6.45) is 4.69. The number of carbonyl (C=O) groups excluding carboxylic acids is 2. The average molecular weight is 391 g/mol. The molecule has 0 radical (unpaired) electrons. The first kappa shape index (κ1) is 19.1. The summed E-state index contributed by atoms with van der Waals surface area (Å²) in [5.74, 6) is -2.37. The highest BCUT2D eigenvalue weighted by Crippen LogP contribution is 2.39. The standard InChI is InChI=1S/C18H21N3O5S/c1-9(2)26-18(25)13-10-6-4-5-7-12(10)27-16(13)19-15(22)11-8-21(3)20-14(11)17(23)24/h8-9H,4-7H2,1-3H3,(H,19,22)(H,23,24). The predicted molar refractivity (Wildman–Crippen MR) is 99.6 cm³/mol. The molecule has 0 saturated carbocycles. The number of hydrogen-bond donors (Lipinski definition) is 2. The van der Waals surface area contributed by atoms with E-state index in [9.17, 15) is 19.5 Å². The molecule has 3 rings (SSSR count). The third kappa shape index (κ3) is 3.87. The summed E-state index contributed by atoms with van der Waals surface area (Å²) in [5, 5.41) is 16.2. The SMILES string of the molecule is CC(C)OC(=O)c1c(NC(=O)c2cn(C)nc2C(=O)O)sc2c1CCCC2. The Bertz CT molecular complexity index is 912. The van der Waals surface area contributed by atoms with Crippen molar-refractivity contribution >= 4 is 34.2 Å². The first-order valence-electron chi connectivity index (χ1n) is 8.71. The van der Waals surface area contributed by atoms with Crippen LogP contribution in [0.4, 0.5) is 5.00 Å². The van der Waals surface area contributed by atoms with Crippen LogP contribution in [0.25, 0.3) is 0 Å². The molecule has 2 N–H and O–H groups in total. The van der Waals surface area contributed by atoms with Gasteiger partial charge in [-0.05, 0) is 45.1 Å². The Kier molecular flexibility index (Phi) is 5.31. The highest BCUT2D eigenvalue weighted by Gasteiger charge is 2.29. The topological polar surface area (TPSA) is 111 Å². The van der Waals surface area contributed by atoms with E-state index in [2.05, 4.69) is 10.4 Å². The summed E-state index contributed by atoms with van der Waals surface area (Å²) in [5.41, 5.74) is 0.927. The van der Waals surface area contributed by atoms with Crippen LogP contribution in [0, 0.1) is 0 Å². The lowest BCUT2D eigenvalue weighted by molar-refractivity contribution is 0.0378. The van der Waals surface area contributed by atoms with E-state index in [0.717, 1.165) is 36.1 Å². The van der Waals surface area contributed by atoms with Crippen LogP contribution in [-0.2, 0) is 24.6 Å². The van der Waals surface area contributed by atoms with E-state index in [0.29, 0.717) is 10.6 Å². The summed E-state index contributed by atoms with van der Waals surface area (Å²) in [7, 11) is 1.54. The Balaban J connectivity index is 1.97. The normalized spacial score (nSPS) is 13.3. The van der Waals surface area contributed by atoms with Gasteiger partial charge in [0.25, 0.3) is 5.91 Å². The fourth-order valence-electron chi connectivity index (χ4n) is 3.13. The second-order valence-corrected chi connectivity index (χ2v) is 7.80. The van der Waals surface area contributed by atoms with Gasteiger partial charge in [0.05, 0.1) is 17.2 Å². The predicted octanol–water partition coefficient (Wildman–Crippen LogP) is 2.88. The molecule has 0 saturated heterocycles. The van der Waals surface area contributed by atoms with Crippen molar-refractivity contribution in [3.8, 4) is 0 Å². The lowest BCUT2D eigenvalue weighted by Gasteiger charge is -2.14. The van der Waals surface area contributed by atoms with Gasteiger partial charge < -0.3 is 15.2 Å². The number of aryl methyl sites for hydroxylation is 2. The first-order valence-corrected chi connectivity index (χ1v) is 9.53. The number of nitrogens with one attached hydrogen (secondary N) is 1. The van der Waals surface area contributed by atoms with E-state index in [4.69, 9.17) is 4.74 Å². The minimum atomic E-state index is -1.29. The van der Waals surface area contributed by atoms with Gasteiger partial charge in [-0.25, -0.2) is 9.59 Å². The Labute approximate surface area is 160 Å². The van der Waals surface area contributed by atoms with Gasteiger partial charge in [0.15, 0.2) is 5.69 Å². The Morgan fingerprint density at radius 3 is 2.67 bits per heavy atom. The van der Waals surface area contributed by atoms with Crippen LogP contribution >= 0.6 is 11.3 Å². The molecule has 0 spiro atoms. The van der Waals surface area contributed by atoms with Gasteiger partial charge >= 0.3 is 11.9 Å². The zero-order valence-corrected chi connectivity index (χ0v) is 16.2. The van der Waals surface area contributed by atoms with Crippen molar-refractivity contribution in [2.45, 2.75) is 45.6 Å². The molecule has 1 aliphatic rings. The van der Waals surface area contributed by atoms with E-state index < -0.39 is 17.8 Å². The number of carboxylic acids is 1. The Morgan fingerprint density at radius 2 is 2.00 bits per heavy atom. The second-order valence-electron chi connectivity index (χ2n) is 6.69. The highest BCUT2D eigenvalue weighted by molar-refractivity contribution is 7.17. The number of carbonyl (C=O) groups is 3. The third-order valence-corrected chi connectivity index (χ3v) is 5.43. The van der Waals surface area contributed by atoms with Crippen LogP contribution in [0.3, 0.4) is 0 Å². The van der Waals surface area contributed by atoms with Gasteiger partial charge in [0.1, 0.15) is 5.00 Å². The molecule has 0 fully saturated rings. The second kappa shape index (κ2) is 7.51. The molecule has 1 aliphatic carbocycles. The highest BCUT2D eigenvalue weighted by atomic mass is 32.1. The number of aromatic carboxylic acids is 1. The number of ether oxygens (including phenoxy) is 1. The number of nitrogens with zero attached hydrogens (tertiary/aromatic N) is 2. The van der Waals surface area contributed by atoms with Crippen molar-refractivity contribution in [3.63, 3.8) is 0 Å². The van der Waals surface area contributed by atoms with Gasteiger partial charge in [-0.15, -0.1) is 11.3 Å². The van der Waals surface area contributed by atoms with Crippen molar-refractivity contribution in [2.24, 2.45) is 7.05 Å². The van der Waals surface area contributed by atoms with Gasteiger partial charge in [-0.3, -0.25) is 9.48 Å². The minimum absolute atomic E-state index is 0.0560. The van der Waals surface area contributed by atoms with Gasteiger partial charge in [0, 0.05) is 18.1 Å². The van der Waals surface area contributed by atoms with E-state index in [1.165, 1.54) is 22.2 Å². The molecule has 0 aliphatic heterocycles. The van der Waals surface area contributed by atoms with Crippen LogP contribution in [-0.4, -0.2) is 38.8 Å². The number of esters is 1. The molecule has 1 amide bonds. The van der Waals surface area contributed by atoms with Crippen molar-refractivity contribution in [1.82, 2.24) is 9.78 Å². The van der Waals surface area contributed by atoms with Crippen molar-refractivity contribution in [2.75, 3.05) is 5.32 Å². The quantitative estimate of drug-likeness (QED) is 0.758. The molecule has 27 heavy (non-hydrogen) atoms. The lowest BCUT2D eigenvalue weighted by Crippen LogP contribution is -2.19. The third-order valence-electron chi connectivity index (χ3n) is 4.22. The van der Waals surface area contributed by atoms with Crippen LogP contribution < -0.4 is 5.32 Å². The lowest BCUT2D eigenvalue weighted by atomic mass is 9.95. The van der Waals surface area contributed by atoms with Crippen LogP contribution in [0.5, 0.6) is 0 Å². The van der Waals surface area contributed by atoms with Gasteiger partial charge in [-0.1, -0.05) is 0 Å². The maximum atomic E-state index is 12.7. The summed E-state index contributed by atoms with van der Waals surface area (Å²) in [4.78, 5) is 37.7. The number of fused-ring (bicyclic) bond motifs is 1. The summed E-state index contributed by atoms with van der Waals surface area (Å²) in [6.45, 7) is 3.54. The summed E-state index contributed by atoms with van der Waals surface area (Å²) >= 11 is 1.35. The molecule has 0 bridgehead atoms. The minimum Gasteiger partial charge on any atom is -0.476 e. The largest absolute Gasteiger partial charge is 0.476 e. The molecule has 2 heterocycles. The fraction of sp³-hybridized carbons (Fsp3) is 0.444. The van der Waals surface area contributed by atoms with Crippen LogP contribution in [0.15, 0.2) is 6.20 Å². The Hall–Kier alpha value is -2.68. The Morgan fingerprint density at radius 1 is 1.30 bits per heavy atom. The maximum Gasteiger partial charge on any atom is 0.357 e. The molecule has 0 unspecified atom stereocenters.